The standard InChI is InChI=1S/C24H18FNO5/c1-30-19-9-4-15(5-10-19)13-26-22(27)20-11-6-17(12-21(20)23(26)28)24(29)31-14-16-2-7-18(25)8-3-16/h2-12H,13-14H2,1H3. The number of fused-ring (bicyclic) bond motifs is 1. The average Bonchev–Trinajstić information content (AvgIpc) is 3.03. The fraction of sp³-hybridized carbons (Fsp3) is 0.125. The number of halogens is 1. The summed E-state index contributed by atoms with van der Waals surface area (Å²) >= 11 is 0. The van der Waals surface area contributed by atoms with Crippen molar-refractivity contribution in [3.8, 4) is 5.75 Å². The topological polar surface area (TPSA) is 72.9 Å². The molecule has 1 heterocycles. The molecule has 3 aromatic rings. The maximum atomic E-state index is 13.0. The lowest BCUT2D eigenvalue weighted by molar-refractivity contribution is 0.0472. The first-order valence-corrected chi connectivity index (χ1v) is 9.51. The summed E-state index contributed by atoms with van der Waals surface area (Å²) in [5, 5.41) is 0. The predicted octanol–water partition coefficient (Wildman–Crippen LogP) is 3.99. The molecule has 0 unspecified atom stereocenters. The van der Waals surface area contributed by atoms with Gasteiger partial charge in [0.2, 0.25) is 0 Å². The van der Waals surface area contributed by atoms with Crippen LogP contribution in [-0.4, -0.2) is 29.8 Å². The van der Waals surface area contributed by atoms with E-state index in [9.17, 15) is 18.8 Å². The van der Waals surface area contributed by atoms with Crippen molar-refractivity contribution in [3.63, 3.8) is 0 Å². The van der Waals surface area contributed by atoms with Crippen LogP contribution in [0, 0.1) is 5.82 Å². The molecular weight excluding hydrogens is 401 g/mol. The van der Waals surface area contributed by atoms with Gasteiger partial charge in [-0.1, -0.05) is 24.3 Å². The Bertz CT molecular complexity index is 1160. The quantitative estimate of drug-likeness (QED) is 0.446. The van der Waals surface area contributed by atoms with E-state index in [1.165, 1.54) is 42.5 Å². The molecule has 6 nitrogen and oxygen atoms in total. The number of hydrogen-bond donors (Lipinski definition) is 0. The van der Waals surface area contributed by atoms with Crippen molar-refractivity contribution in [1.29, 1.82) is 0 Å². The Kier molecular flexibility index (Phi) is 5.49. The maximum Gasteiger partial charge on any atom is 0.338 e. The van der Waals surface area contributed by atoms with E-state index in [-0.39, 0.29) is 35.7 Å². The van der Waals surface area contributed by atoms with E-state index >= 15 is 0 Å². The first kappa shape index (κ1) is 20.3. The van der Waals surface area contributed by atoms with Crippen molar-refractivity contribution in [2.45, 2.75) is 13.2 Å². The summed E-state index contributed by atoms with van der Waals surface area (Å²) in [5.74, 6) is -1.22. The van der Waals surface area contributed by atoms with Crippen molar-refractivity contribution in [2.75, 3.05) is 7.11 Å². The first-order chi connectivity index (χ1) is 15.0. The third kappa shape index (κ3) is 4.16. The molecule has 0 N–H and O–H groups in total. The summed E-state index contributed by atoms with van der Waals surface area (Å²) < 4.78 is 23.3. The second-order valence-electron chi connectivity index (χ2n) is 7.01. The molecule has 0 bridgehead atoms. The van der Waals surface area contributed by atoms with Crippen LogP contribution >= 0.6 is 0 Å². The van der Waals surface area contributed by atoms with Gasteiger partial charge in [0.25, 0.3) is 11.8 Å². The number of nitrogens with zero attached hydrogens (tertiary/aromatic N) is 1. The lowest BCUT2D eigenvalue weighted by Gasteiger charge is -2.14. The second kappa shape index (κ2) is 8.39. The average molecular weight is 419 g/mol. The molecule has 2 amide bonds. The Labute approximate surface area is 177 Å². The van der Waals surface area contributed by atoms with Gasteiger partial charge < -0.3 is 9.47 Å². The van der Waals surface area contributed by atoms with E-state index in [2.05, 4.69) is 0 Å². The highest BCUT2D eigenvalue weighted by molar-refractivity contribution is 6.21. The lowest BCUT2D eigenvalue weighted by atomic mass is 10.1. The molecular formula is C24H18FNO5. The summed E-state index contributed by atoms with van der Waals surface area (Å²) in [5.41, 5.74) is 1.97. The molecule has 0 atom stereocenters. The number of methoxy groups -OCH3 is 1. The zero-order valence-corrected chi connectivity index (χ0v) is 16.6. The Morgan fingerprint density at radius 2 is 1.52 bits per heavy atom. The summed E-state index contributed by atoms with van der Waals surface area (Å²) in [6.07, 6.45) is 0. The highest BCUT2D eigenvalue weighted by Crippen LogP contribution is 2.26. The van der Waals surface area contributed by atoms with Crippen LogP contribution in [0.5, 0.6) is 5.75 Å². The Morgan fingerprint density at radius 3 is 2.19 bits per heavy atom. The van der Waals surface area contributed by atoms with Crippen LogP contribution in [0.2, 0.25) is 0 Å². The Hall–Kier alpha value is -4.00. The second-order valence-corrected chi connectivity index (χ2v) is 7.01. The molecule has 0 saturated heterocycles. The van der Waals surface area contributed by atoms with Gasteiger partial charge in [-0.2, -0.15) is 0 Å². The van der Waals surface area contributed by atoms with Crippen molar-refractivity contribution in [2.24, 2.45) is 0 Å². The van der Waals surface area contributed by atoms with E-state index in [4.69, 9.17) is 9.47 Å². The molecule has 7 heteroatoms. The number of carbonyl (C=O) groups excluding carboxylic acids is 3. The number of ether oxygens (including phenoxy) is 2. The third-order valence-corrected chi connectivity index (χ3v) is 4.99. The number of esters is 1. The highest BCUT2D eigenvalue weighted by Gasteiger charge is 2.36. The zero-order valence-electron chi connectivity index (χ0n) is 16.6. The molecule has 4 rings (SSSR count). The van der Waals surface area contributed by atoms with Crippen LogP contribution in [0.25, 0.3) is 0 Å². The van der Waals surface area contributed by atoms with E-state index in [1.54, 1.807) is 31.4 Å². The van der Waals surface area contributed by atoms with Crippen LogP contribution in [0.3, 0.4) is 0 Å². The maximum absolute atomic E-state index is 13.0. The van der Waals surface area contributed by atoms with Gasteiger partial charge in [0.15, 0.2) is 0 Å². The fourth-order valence-electron chi connectivity index (χ4n) is 3.29. The minimum absolute atomic E-state index is 0.0350. The van der Waals surface area contributed by atoms with E-state index in [0.29, 0.717) is 11.3 Å². The van der Waals surface area contributed by atoms with E-state index in [1.807, 2.05) is 0 Å². The van der Waals surface area contributed by atoms with E-state index in [0.717, 1.165) is 10.5 Å². The van der Waals surface area contributed by atoms with Gasteiger partial charge in [0.1, 0.15) is 18.2 Å². The highest BCUT2D eigenvalue weighted by atomic mass is 19.1. The van der Waals surface area contributed by atoms with Crippen molar-refractivity contribution in [1.82, 2.24) is 4.90 Å². The molecule has 0 fully saturated rings. The predicted molar refractivity (Wildman–Crippen MR) is 109 cm³/mol. The Morgan fingerprint density at radius 1 is 0.871 bits per heavy atom. The minimum Gasteiger partial charge on any atom is -0.497 e. The number of hydrogen-bond acceptors (Lipinski definition) is 5. The zero-order chi connectivity index (χ0) is 22.0. The minimum atomic E-state index is -0.638. The summed E-state index contributed by atoms with van der Waals surface area (Å²) in [6, 6.07) is 16.9. The molecule has 0 aliphatic carbocycles. The number of rotatable bonds is 6. The van der Waals surface area contributed by atoms with Crippen LogP contribution in [-0.2, 0) is 17.9 Å². The lowest BCUT2D eigenvalue weighted by Crippen LogP contribution is -2.29. The molecule has 1 aliphatic rings. The van der Waals surface area contributed by atoms with Crippen molar-refractivity contribution < 1.29 is 28.2 Å². The van der Waals surface area contributed by atoms with Crippen LogP contribution in [0.1, 0.15) is 42.2 Å². The SMILES string of the molecule is COc1ccc(CN2C(=O)c3ccc(C(=O)OCc4ccc(F)cc4)cc3C2=O)cc1. The smallest absolute Gasteiger partial charge is 0.338 e. The molecule has 0 radical (unpaired) electrons. The largest absolute Gasteiger partial charge is 0.497 e. The van der Waals surface area contributed by atoms with Gasteiger partial charge in [-0.3, -0.25) is 14.5 Å². The monoisotopic (exact) mass is 419 g/mol. The fourth-order valence-corrected chi connectivity index (χ4v) is 3.29. The van der Waals surface area contributed by atoms with Crippen LogP contribution in [0.15, 0.2) is 66.7 Å². The Balaban J connectivity index is 1.47. The number of benzene rings is 3. The number of amides is 2. The molecule has 0 spiro atoms. The summed E-state index contributed by atoms with van der Waals surface area (Å²) in [6.45, 7) is 0.0767. The summed E-state index contributed by atoms with van der Waals surface area (Å²) in [7, 11) is 1.56. The van der Waals surface area contributed by atoms with Crippen LogP contribution < -0.4 is 4.74 Å². The molecule has 0 aromatic heterocycles. The third-order valence-electron chi connectivity index (χ3n) is 4.99. The van der Waals surface area contributed by atoms with Crippen molar-refractivity contribution >= 4 is 17.8 Å². The van der Waals surface area contributed by atoms with Gasteiger partial charge in [-0.15, -0.1) is 0 Å². The first-order valence-electron chi connectivity index (χ1n) is 9.51. The molecule has 31 heavy (non-hydrogen) atoms. The van der Waals surface area contributed by atoms with Crippen LogP contribution in [0.4, 0.5) is 4.39 Å². The molecule has 1 aliphatic heterocycles. The summed E-state index contributed by atoms with van der Waals surface area (Å²) in [4.78, 5) is 39.0. The molecule has 0 saturated carbocycles. The van der Waals surface area contributed by atoms with Crippen molar-refractivity contribution in [3.05, 3.63) is 100 Å². The van der Waals surface area contributed by atoms with Gasteiger partial charge in [-0.05, 0) is 53.6 Å². The number of carbonyl (C=O) groups is 3. The van der Waals surface area contributed by atoms with E-state index < -0.39 is 17.8 Å². The van der Waals surface area contributed by atoms with Gasteiger partial charge in [0.05, 0.1) is 30.3 Å². The van der Waals surface area contributed by atoms with Gasteiger partial charge in [-0.25, -0.2) is 9.18 Å². The van der Waals surface area contributed by atoms with Gasteiger partial charge in [0, 0.05) is 0 Å². The number of imide groups is 1. The molecule has 156 valence electrons. The normalized spacial score (nSPS) is 12.6. The molecule has 3 aromatic carbocycles. The van der Waals surface area contributed by atoms with Gasteiger partial charge >= 0.3 is 5.97 Å².